The van der Waals surface area contributed by atoms with Crippen LogP contribution in [0.15, 0.2) is 134 Å². The van der Waals surface area contributed by atoms with Gasteiger partial charge in [0.15, 0.2) is 0 Å². The van der Waals surface area contributed by atoms with Gasteiger partial charge >= 0.3 is 0 Å². The summed E-state index contributed by atoms with van der Waals surface area (Å²) in [7, 11) is 0. The second-order valence-corrected chi connectivity index (χ2v) is 12.4. The van der Waals surface area contributed by atoms with E-state index in [1.807, 2.05) is 0 Å². The van der Waals surface area contributed by atoms with E-state index in [9.17, 15) is 0 Å². The number of para-hydroxylation sites is 1. The van der Waals surface area contributed by atoms with Gasteiger partial charge in [-0.25, -0.2) is 0 Å². The lowest BCUT2D eigenvalue weighted by Gasteiger charge is -2.18. The van der Waals surface area contributed by atoms with Crippen LogP contribution < -0.4 is 20.9 Å². The normalized spacial score (nSPS) is 20.3. The standard InChI is InChI=1S/C43H33N/c1-2-13-38(14-3-1)44-41-16-7-6-15-39(41)43-40-28-36(22-19-31(40)23-24-42(43)44)33-12-8-11-30-18-21-35(27-37(30)26-33)34-20-17-29-9-4-5-10-32(29)25-34/h1-13,15-19,21-28,33-34,38H,14,20H2. The van der Waals surface area contributed by atoms with Crippen molar-refractivity contribution in [3.8, 4) is 0 Å². The highest BCUT2D eigenvalue weighted by atomic mass is 15.0. The first kappa shape index (κ1) is 25.4. The minimum absolute atomic E-state index is 0.199. The molecule has 1 nitrogen and oxygen atoms in total. The Morgan fingerprint density at radius 1 is 0.568 bits per heavy atom. The zero-order valence-corrected chi connectivity index (χ0v) is 24.6. The van der Waals surface area contributed by atoms with Crippen molar-refractivity contribution < 1.29 is 0 Å². The van der Waals surface area contributed by atoms with Crippen molar-refractivity contribution in [2.24, 2.45) is 0 Å². The first-order valence-electron chi connectivity index (χ1n) is 15.9. The fourth-order valence-electron chi connectivity index (χ4n) is 7.63. The fraction of sp³-hybridized carbons (Fsp3) is 0.116. The monoisotopic (exact) mass is 563 g/mol. The zero-order chi connectivity index (χ0) is 29.0. The molecule has 0 bridgehead atoms. The molecule has 5 aromatic carbocycles. The van der Waals surface area contributed by atoms with Gasteiger partial charge in [-0.1, -0.05) is 140 Å². The largest absolute Gasteiger partial charge is 0.333 e. The van der Waals surface area contributed by atoms with E-state index >= 15 is 0 Å². The summed E-state index contributed by atoms with van der Waals surface area (Å²) >= 11 is 0. The Balaban J connectivity index is 1.18. The number of benzene rings is 5. The third-order valence-corrected chi connectivity index (χ3v) is 9.85. The van der Waals surface area contributed by atoms with Crippen LogP contribution in [0.1, 0.15) is 41.8 Å². The predicted molar refractivity (Wildman–Crippen MR) is 187 cm³/mol. The van der Waals surface area contributed by atoms with Crippen molar-refractivity contribution in [1.29, 1.82) is 0 Å². The van der Waals surface area contributed by atoms with Crippen molar-refractivity contribution >= 4 is 56.9 Å². The maximum Gasteiger partial charge on any atom is 0.0560 e. The summed E-state index contributed by atoms with van der Waals surface area (Å²) in [6.07, 6.45) is 25.2. The van der Waals surface area contributed by atoms with Gasteiger partial charge in [0.05, 0.1) is 11.6 Å². The average molecular weight is 564 g/mol. The molecule has 1 heteroatoms. The predicted octanol–water partition coefficient (Wildman–Crippen LogP) is 7.67. The summed E-state index contributed by atoms with van der Waals surface area (Å²) < 4.78 is 2.54. The molecular formula is C43H33N. The molecule has 210 valence electrons. The van der Waals surface area contributed by atoms with E-state index in [-0.39, 0.29) is 5.92 Å². The molecule has 0 fully saturated rings. The number of fused-ring (bicyclic) bond motifs is 7. The fourth-order valence-corrected chi connectivity index (χ4v) is 7.63. The molecule has 44 heavy (non-hydrogen) atoms. The molecule has 0 saturated carbocycles. The van der Waals surface area contributed by atoms with E-state index < -0.39 is 0 Å². The lowest BCUT2D eigenvalue weighted by atomic mass is 9.89. The van der Waals surface area contributed by atoms with E-state index in [1.54, 1.807) is 0 Å². The Labute approximate surface area is 257 Å². The molecule has 1 aromatic heterocycles. The third-order valence-electron chi connectivity index (χ3n) is 9.85. The molecule has 0 N–H and O–H groups in total. The third kappa shape index (κ3) is 4.15. The molecule has 0 radical (unpaired) electrons. The topological polar surface area (TPSA) is 4.93 Å². The van der Waals surface area contributed by atoms with Gasteiger partial charge in [0.1, 0.15) is 0 Å². The van der Waals surface area contributed by atoms with Gasteiger partial charge in [0, 0.05) is 28.1 Å². The van der Waals surface area contributed by atoms with Gasteiger partial charge in [-0.2, -0.15) is 0 Å². The highest BCUT2D eigenvalue weighted by Gasteiger charge is 2.19. The molecule has 0 spiro atoms. The van der Waals surface area contributed by atoms with Crippen LogP contribution >= 0.6 is 0 Å². The SMILES string of the molecule is C1=CCC(n2c3ccccc3c3c4cc(C5C=CC=c6ccc(C7C=c8ccccc8=CC7)cc6=C5)ccc4ccc32)C=C1. The second kappa shape index (κ2) is 10.2. The van der Waals surface area contributed by atoms with E-state index in [0.717, 1.165) is 12.8 Å². The van der Waals surface area contributed by atoms with Crippen molar-refractivity contribution in [2.45, 2.75) is 30.7 Å². The molecule has 3 unspecified atom stereocenters. The number of hydrogen-bond acceptors (Lipinski definition) is 0. The molecule has 3 aliphatic carbocycles. The first-order chi connectivity index (χ1) is 21.8. The zero-order valence-electron chi connectivity index (χ0n) is 24.6. The molecule has 9 rings (SSSR count). The Hall–Kier alpha value is -5.14. The highest BCUT2D eigenvalue weighted by Crippen LogP contribution is 2.39. The summed E-state index contributed by atoms with van der Waals surface area (Å²) in [6.45, 7) is 0. The van der Waals surface area contributed by atoms with Crippen molar-refractivity contribution in [2.75, 3.05) is 0 Å². The Kier molecular flexibility index (Phi) is 5.91. The summed E-state index contributed by atoms with van der Waals surface area (Å²) in [6, 6.07) is 36.7. The molecule has 0 amide bonds. The van der Waals surface area contributed by atoms with Crippen molar-refractivity contribution in [1.82, 2.24) is 4.57 Å². The van der Waals surface area contributed by atoms with E-state index in [0.29, 0.717) is 12.0 Å². The smallest absolute Gasteiger partial charge is 0.0560 e. The molecule has 3 atom stereocenters. The van der Waals surface area contributed by atoms with E-state index in [4.69, 9.17) is 0 Å². The van der Waals surface area contributed by atoms with Gasteiger partial charge in [0.2, 0.25) is 0 Å². The molecule has 0 aliphatic heterocycles. The van der Waals surface area contributed by atoms with Crippen LogP contribution in [0.5, 0.6) is 0 Å². The average Bonchev–Trinajstić information content (AvgIpc) is 3.28. The lowest BCUT2D eigenvalue weighted by Crippen LogP contribution is -2.29. The second-order valence-electron chi connectivity index (χ2n) is 12.4. The number of rotatable bonds is 3. The minimum atomic E-state index is 0.199. The number of allylic oxidation sites excluding steroid dienone is 6. The van der Waals surface area contributed by atoms with Gasteiger partial charge in [-0.3, -0.25) is 0 Å². The Morgan fingerprint density at radius 3 is 2.36 bits per heavy atom. The van der Waals surface area contributed by atoms with Crippen LogP contribution in [-0.4, -0.2) is 4.57 Å². The summed E-state index contributed by atoms with van der Waals surface area (Å²) in [4.78, 5) is 0. The Morgan fingerprint density at radius 2 is 1.43 bits per heavy atom. The number of hydrogen-bond donors (Lipinski definition) is 0. The summed E-state index contributed by atoms with van der Waals surface area (Å²) in [5.41, 5.74) is 5.34. The van der Waals surface area contributed by atoms with Crippen molar-refractivity contribution in [3.63, 3.8) is 0 Å². The number of aromatic nitrogens is 1. The highest BCUT2D eigenvalue weighted by molar-refractivity contribution is 6.20. The van der Waals surface area contributed by atoms with Crippen LogP contribution in [0.4, 0.5) is 0 Å². The summed E-state index contributed by atoms with van der Waals surface area (Å²) in [5.74, 6) is 0.601. The van der Waals surface area contributed by atoms with E-state index in [2.05, 4.69) is 162 Å². The molecular weight excluding hydrogens is 530 g/mol. The quantitative estimate of drug-likeness (QED) is 0.208. The van der Waals surface area contributed by atoms with Crippen molar-refractivity contribution in [3.05, 3.63) is 166 Å². The summed E-state index contributed by atoms with van der Waals surface area (Å²) in [5, 5.41) is 10.6. The Bertz CT molecular complexity index is 2470. The molecule has 0 saturated heterocycles. The maximum absolute atomic E-state index is 2.54. The van der Waals surface area contributed by atoms with Gasteiger partial charge < -0.3 is 4.57 Å². The first-order valence-corrected chi connectivity index (χ1v) is 15.9. The lowest BCUT2D eigenvalue weighted by molar-refractivity contribution is 0.648. The maximum atomic E-state index is 2.54. The van der Waals surface area contributed by atoms with E-state index in [1.165, 1.54) is 64.6 Å². The van der Waals surface area contributed by atoms with Gasteiger partial charge in [0.25, 0.3) is 0 Å². The minimum Gasteiger partial charge on any atom is -0.333 e. The van der Waals surface area contributed by atoms with Crippen LogP contribution in [0.25, 0.3) is 56.9 Å². The van der Waals surface area contributed by atoms with Crippen LogP contribution in [0, 0.1) is 0 Å². The van der Waals surface area contributed by atoms with Crippen LogP contribution in [0.3, 0.4) is 0 Å². The number of nitrogens with zero attached hydrogens (tertiary/aromatic N) is 1. The molecule has 6 aromatic rings. The van der Waals surface area contributed by atoms with Crippen LogP contribution in [-0.2, 0) is 0 Å². The van der Waals surface area contributed by atoms with Gasteiger partial charge in [-0.05, 0) is 73.8 Å². The van der Waals surface area contributed by atoms with Crippen LogP contribution in [0.2, 0.25) is 0 Å². The van der Waals surface area contributed by atoms with Gasteiger partial charge in [-0.15, -0.1) is 0 Å². The molecule has 1 heterocycles. The molecule has 3 aliphatic rings.